The van der Waals surface area contributed by atoms with E-state index < -0.39 is 5.97 Å². The van der Waals surface area contributed by atoms with Crippen LogP contribution in [0.2, 0.25) is 0 Å². The number of carboxylic acid groups (broad SMARTS) is 1. The molecule has 0 saturated heterocycles. The van der Waals surface area contributed by atoms with Gasteiger partial charge >= 0.3 is 5.97 Å². The van der Waals surface area contributed by atoms with E-state index in [1.165, 1.54) is 29.6 Å². The molecule has 4 nitrogen and oxygen atoms in total. The number of aromatic nitrogens is 1. The van der Waals surface area contributed by atoms with Crippen LogP contribution in [-0.2, 0) is 5.41 Å². The third kappa shape index (κ3) is 3.76. The number of hydrogen-bond acceptors (Lipinski definition) is 4. The molecule has 0 bridgehead atoms. The average molecular weight is 302 g/mol. The van der Waals surface area contributed by atoms with Gasteiger partial charge in [0.2, 0.25) is 0 Å². The highest BCUT2D eigenvalue weighted by Crippen LogP contribution is 2.30. The summed E-state index contributed by atoms with van der Waals surface area (Å²) in [6.45, 7) is 6.49. The standard InChI is InChI=1S/C16H18N2O2S/c1-16(2,3)10-4-6-11(7-5-10)21-14-8-12(15(19)20)13(17)9-18-14/h4-9H,17H2,1-3H3,(H,19,20). The molecule has 1 heterocycles. The van der Waals surface area contributed by atoms with Gasteiger partial charge in [0.1, 0.15) is 5.03 Å². The van der Waals surface area contributed by atoms with Crippen molar-refractivity contribution in [2.45, 2.75) is 36.1 Å². The van der Waals surface area contributed by atoms with Crippen molar-refractivity contribution in [2.24, 2.45) is 0 Å². The molecule has 0 atom stereocenters. The van der Waals surface area contributed by atoms with Gasteiger partial charge in [-0.2, -0.15) is 0 Å². The largest absolute Gasteiger partial charge is 0.478 e. The number of pyridine rings is 1. The van der Waals surface area contributed by atoms with E-state index in [2.05, 4.69) is 37.9 Å². The van der Waals surface area contributed by atoms with E-state index in [9.17, 15) is 4.79 Å². The SMILES string of the molecule is CC(C)(C)c1ccc(Sc2cc(C(=O)O)c(N)cn2)cc1. The summed E-state index contributed by atoms with van der Waals surface area (Å²) in [6, 6.07) is 9.70. The molecule has 5 heteroatoms. The lowest BCUT2D eigenvalue weighted by atomic mass is 9.87. The third-order valence-corrected chi connectivity index (χ3v) is 4.02. The molecule has 0 saturated carbocycles. The quantitative estimate of drug-likeness (QED) is 0.901. The van der Waals surface area contributed by atoms with Gasteiger partial charge in [-0.25, -0.2) is 9.78 Å². The van der Waals surface area contributed by atoms with E-state index in [-0.39, 0.29) is 16.7 Å². The molecule has 1 aromatic carbocycles. The number of anilines is 1. The minimum absolute atomic E-state index is 0.0822. The Morgan fingerprint density at radius 2 is 1.86 bits per heavy atom. The highest BCUT2D eigenvalue weighted by atomic mass is 32.2. The van der Waals surface area contributed by atoms with Gasteiger partial charge in [0.05, 0.1) is 17.4 Å². The van der Waals surface area contributed by atoms with Crippen LogP contribution in [0.1, 0.15) is 36.7 Å². The van der Waals surface area contributed by atoms with Crippen molar-refractivity contribution in [3.05, 3.63) is 47.7 Å². The van der Waals surface area contributed by atoms with Crippen LogP contribution in [0.3, 0.4) is 0 Å². The van der Waals surface area contributed by atoms with Gasteiger partial charge in [0, 0.05) is 4.90 Å². The molecule has 21 heavy (non-hydrogen) atoms. The van der Waals surface area contributed by atoms with Crippen molar-refractivity contribution in [3.8, 4) is 0 Å². The van der Waals surface area contributed by atoms with E-state index in [1.807, 2.05) is 12.1 Å². The van der Waals surface area contributed by atoms with E-state index in [0.717, 1.165) is 4.90 Å². The molecule has 0 spiro atoms. The second kappa shape index (κ2) is 5.77. The predicted molar refractivity (Wildman–Crippen MR) is 84.9 cm³/mol. The molecule has 0 unspecified atom stereocenters. The van der Waals surface area contributed by atoms with Gasteiger partial charge in [0.15, 0.2) is 0 Å². The lowest BCUT2D eigenvalue weighted by Gasteiger charge is -2.19. The molecule has 0 aliphatic heterocycles. The molecule has 0 fully saturated rings. The number of nitrogen functional groups attached to an aromatic ring is 1. The first-order chi connectivity index (χ1) is 9.77. The summed E-state index contributed by atoms with van der Waals surface area (Å²) >= 11 is 1.42. The Bertz CT molecular complexity index is 661. The van der Waals surface area contributed by atoms with Crippen molar-refractivity contribution in [2.75, 3.05) is 5.73 Å². The molecular formula is C16H18N2O2S. The van der Waals surface area contributed by atoms with Crippen LogP contribution in [0.4, 0.5) is 5.69 Å². The van der Waals surface area contributed by atoms with Gasteiger partial charge in [0.25, 0.3) is 0 Å². The minimum atomic E-state index is -1.04. The van der Waals surface area contributed by atoms with Crippen LogP contribution >= 0.6 is 11.8 Å². The first kappa shape index (κ1) is 15.4. The summed E-state index contributed by atoms with van der Waals surface area (Å²) < 4.78 is 0. The van der Waals surface area contributed by atoms with E-state index >= 15 is 0 Å². The van der Waals surface area contributed by atoms with Gasteiger partial charge in [-0.3, -0.25) is 0 Å². The Morgan fingerprint density at radius 1 is 1.24 bits per heavy atom. The first-order valence-electron chi connectivity index (χ1n) is 6.54. The Hall–Kier alpha value is -2.01. The van der Waals surface area contributed by atoms with Crippen molar-refractivity contribution < 1.29 is 9.90 Å². The number of carbonyl (C=O) groups is 1. The minimum Gasteiger partial charge on any atom is -0.478 e. The smallest absolute Gasteiger partial charge is 0.337 e. The molecule has 0 aliphatic rings. The van der Waals surface area contributed by atoms with Crippen LogP contribution in [0.5, 0.6) is 0 Å². The Balaban J connectivity index is 2.22. The van der Waals surface area contributed by atoms with Crippen LogP contribution in [0.15, 0.2) is 46.5 Å². The molecule has 2 aromatic rings. The van der Waals surface area contributed by atoms with Crippen LogP contribution in [-0.4, -0.2) is 16.1 Å². The zero-order valence-electron chi connectivity index (χ0n) is 12.3. The molecular weight excluding hydrogens is 284 g/mol. The maximum Gasteiger partial charge on any atom is 0.337 e. The molecule has 0 amide bonds. The maximum atomic E-state index is 11.1. The first-order valence-corrected chi connectivity index (χ1v) is 7.36. The Labute approximate surface area is 128 Å². The summed E-state index contributed by atoms with van der Waals surface area (Å²) in [5.41, 5.74) is 7.22. The zero-order valence-corrected chi connectivity index (χ0v) is 13.1. The monoisotopic (exact) mass is 302 g/mol. The van der Waals surface area contributed by atoms with E-state index in [4.69, 9.17) is 10.8 Å². The lowest BCUT2D eigenvalue weighted by molar-refractivity contribution is 0.0697. The highest BCUT2D eigenvalue weighted by molar-refractivity contribution is 7.99. The fourth-order valence-corrected chi connectivity index (χ4v) is 2.63. The number of aromatic carboxylic acids is 1. The van der Waals surface area contributed by atoms with Crippen LogP contribution in [0, 0.1) is 0 Å². The highest BCUT2D eigenvalue weighted by Gasteiger charge is 2.14. The Morgan fingerprint density at radius 3 is 2.38 bits per heavy atom. The maximum absolute atomic E-state index is 11.1. The molecule has 0 radical (unpaired) electrons. The zero-order chi connectivity index (χ0) is 15.6. The predicted octanol–water partition coefficient (Wildman–Crippen LogP) is 3.81. The number of nitrogens with two attached hydrogens (primary N) is 1. The van der Waals surface area contributed by atoms with Gasteiger partial charge in [-0.05, 0) is 29.2 Å². The number of nitrogens with zero attached hydrogens (tertiary/aromatic N) is 1. The van der Waals surface area contributed by atoms with Crippen molar-refractivity contribution >= 4 is 23.4 Å². The van der Waals surface area contributed by atoms with Crippen molar-refractivity contribution in [3.63, 3.8) is 0 Å². The second-order valence-electron chi connectivity index (χ2n) is 5.79. The second-order valence-corrected chi connectivity index (χ2v) is 6.89. The molecule has 2 rings (SSSR count). The summed E-state index contributed by atoms with van der Waals surface area (Å²) in [6.07, 6.45) is 1.38. The fourth-order valence-electron chi connectivity index (χ4n) is 1.83. The molecule has 0 aliphatic carbocycles. The lowest BCUT2D eigenvalue weighted by Crippen LogP contribution is -2.10. The summed E-state index contributed by atoms with van der Waals surface area (Å²) in [4.78, 5) is 16.2. The average Bonchev–Trinajstić information content (AvgIpc) is 2.40. The van der Waals surface area contributed by atoms with Gasteiger partial charge < -0.3 is 10.8 Å². The summed E-state index contributed by atoms with van der Waals surface area (Å²) in [5, 5.41) is 9.68. The van der Waals surface area contributed by atoms with Crippen molar-refractivity contribution in [1.29, 1.82) is 0 Å². The van der Waals surface area contributed by atoms with Crippen molar-refractivity contribution in [1.82, 2.24) is 4.98 Å². The third-order valence-electron chi connectivity index (χ3n) is 3.08. The number of carboxylic acids is 1. The van der Waals surface area contributed by atoms with Crippen LogP contribution in [0.25, 0.3) is 0 Å². The van der Waals surface area contributed by atoms with Gasteiger partial charge in [-0.15, -0.1) is 0 Å². The molecule has 3 N–H and O–H groups in total. The number of rotatable bonds is 3. The van der Waals surface area contributed by atoms with Gasteiger partial charge in [-0.1, -0.05) is 44.7 Å². The fraction of sp³-hybridized carbons (Fsp3) is 0.250. The normalized spacial score (nSPS) is 11.4. The molecule has 110 valence electrons. The summed E-state index contributed by atoms with van der Waals surface area (Å²) in [7, 11) is 0. The topological polar surface area (TPSA) is 76.2 Å². The van der Waals surface area contributed by atoms with Crippen LogP contribution < -0.4 is 5.73 Å². The van der Waals surface area contributed by atoms with E-state index in [1.54, 1.807) is 0 Å². The van der Waals surface area contributed by atoms with E-state index in [0.29, 0.717) is 5.03 Å². The number of hydrogen-bond donors (Lipinski definition) is 2. The Kier molecular flexibility index (Phi) is 4.23. The summed E-state index contributed by atoms with van der Waals surface area (Å²) in [5.74, 6) is -1.04. The number of benzene rings is 1. The molecule has 1 aromatic heterocycles.